The van der Waals surface area contributed by atoms with Gasteiger partial charge >= 0.3 is 5.69 Å². The number of thiazole rings is 1. The fourth-order valence-corrected chi connectivity index (χ4v) is 5.26. The van der Waals surface area contributed by atoms with Crippen molar-refractivity contribution in [3.05, 3.63) is 73.6 Å². The lowest BCUT2D eigenvalue weighted by Crippen LogP contribution is -2.43. The Morgan fingerprint density at radius 2 is 2.00 bits per heavy atom. The van der Waals surface area contributed by atoms with Crippen LogP contribution in [0, 0.1) is 0 Å². The van der Waals surface area contributed by atoms with Gasteiger partial charge in [0, 0.05) is 18.5 Å². The van der Waals surface area contributed by atoms with Crippen molar-refractivity contribution >= 4 is 33.5 Å². The highest BCUT2D eigenvalue weighted by atomic mass is 32.1. The minimum absolute atomic E-state index is 0.221. The Balaban J connectivity index is 1.53. The summed E-state index contributed by atoms with van der Waals surface area (Å²) >= 11 is 1.45. The Hall–Kier alpha value is -3.57. The zero-order valence-electron chi connectivity index (χ0n) is 18.7. The Kier molecular flexibility index (Phi) is 6.12. The molecule has 1 amide bonds. The van der Waals surface area contributed by atoms with Gasteiger partial charge in [-0.3, -0.25) is 14.2 Å². The quantitative estimate of drug-likeness (QED) is 0.410. The molecule has 176 valence electrons. The van der Waals surface area contributed by atoms with Gasteiger partial charge in [-0.15, -0.1) is 11.3 Å². The minimum atomic E-state index is -0.588. The van der Waals surface area contributed by atoms with E-state index in [0.29, 0.717) is 18.3 Å². The van der Waals surface area contributed by atoms with Crippen molar-refractivity contribution in [3.8, 4) is 0 Å². The van der Waals surface area contributed by atoms with Gasteiger partial charge in [-0.2, -0.15) is 0 Å². The number of nitrogens with one attached hydrogen (secondary N) is 1. The predicted molar refractivity (Wildman–Crippen MR) is 128 cm³/mol. The van der Waals surface area contributed by atoms with E-state index in [2.05, 4.69) is 15.3 Å². The number of anilines is 1. The second kappa shape index (κ2) is 9.35. The molecular weight excluding hydrogens is 456 g/mol. The molecule has 3 aromatic heterocycles. The van der Waals surface area contributed by atoms with E-state index in [-0.39, 0.29) is 17.7 Å². The maximum absolute atomic E-state index is 13.4. The molecular formula is C23H24N6O4S. The van der Waals surface area contributed by atoms with Gasteiger partial charge in [-0.05, 0) is 24.8 Å². The third-order valence-electron chi connectivity index (χ3n) is 5.85. The number of carbonyl (C=O) groups is 1. The zero-order valence-corrected chi connectivity index (χ0v) is 19.5. The molecule has 0 spiro atoms. The maximum atomic E-state index is 13.4. The number of ether oxygens (including phenoxy) is 1. The Labute approximate surface area is 198 Å². The Bertz CT molecular complexity index is 1450. The van der Waals surface area contributed by atoms with Crippen LogP contribution in [0.3, 0.4) is 0 Å². The van der Waals surface area contributed by atoms with Gasteiger partial charge in [-0.1, -0.05) is 30.3 Å². The number of hydrogen-bond donors (Lipinski definition) is 1. The summed E-state index contributed by atoms with van der Waals surface area (Å²) in [6.07, 6.45) is 4.48. The summed E-state index contributed by atoms with van der Waals surface area (Å²) in [6.45, 7) is 0.571. The summed E-state index contributed by atoms with van der Waals surface area (Å²) < 4.78 is 9.20. The normalized spacial score (nSPS) is 12.9. The molecule has 0 unspecified atom stereocenters. The lowest BCUT2D eigenvalue weighted by Gasteiger charge is -2.12. The van der Waals surface area contributed by atoms with Crippen LogP contribution in [0.2, 0.25) is 0 Å². The number of amides is 1. The number of rotatable bonds is 8. The van der Waals surface area contributed by atoms with Crippen LogP contribution in [0.1, 0.15) is 22.6 Å². The van der Waals surface area contributed by atoms with Crippen molar-refractivity contribution < 1.29 is 9.53 Å². The van der Waals surface area contributed by atoms with Crippen LogP contribution in [0.25, 0.3) is 11.2 Å². The van der Waals surface area contributed by atoms with Crippen molar-refractivity contribution in [1.82, 2.24) is 23.7 Å². The minimum Gasteiger partial charge on any atom is -0.383 e. The van der Waals surface area contributed by atoms with E-state index in [1.165, 1.54) is 27.1 Å². The summed E-state index contributed by atoms with van der Waals surface area (Å²) in [5, 5.41) is 3.25. The number of nitrogens with zero attached hydrogens (tertiary/aromatic N) is 5. The molecule has 4 aromatic rings. The van der Waals surface area contributed by atoms with Crippen LogP contribution >= 0.6 is 11.3 Å². The standard InChI is InChI=1S/C23H24N6O4S/c1-33-11-10-27-14-24-20-19(27)21(31)29(23(32)28(20)12-15-6-3-2-4-7-15)13-18(30)26-22-25-16-8-5-9-17(16)34-22/h2-4,6-7,14H,5,8-13H2,1H3,(H,25,26,30). The summed E-state index contributed by atoms with van der Waals surface area (Å²) in [5.74, 6) is -0.472. The summed E-state index contributed by atoms with van der Waals surface area (Å²) in [5.41, 5.74) is 1.29. The first-order valence-electron chi connectivity index (χ1n) is 11.0. The van der Waals surface area contributed by atoms with Crippen LogP contribution in [-0.4, -0.2) is 43.3 Å². The smallest absolute Gasteiger partial charge is 0.333 e. The van der Waals surface area contributed by atoms with Crippen molar-refractivity contribution in [2.45, 2.75) is 38.9 Å². The average molecular weight is 481 g/mol. The van der Waals surface area contributed by atoms with Crippen LogP contribution in [0.4, 0.5) is 5.13 Å². The molecule has 0 bridgehead atoms. The van der Waals surface area contributed by atoms with Crippen LogP contribution in [-0.2, 0) is 42.0 Å². The number of fused-ring (bicyclic) bond motifs is 2. The lowest BCUT2D eigenvalue weighted by atomic mass is 10.2. The molecule has 0 fully saturated rings. The monoisotopic (exact) mass is 480 g/mol. The SMILES string of the molecule is COCCn1cnc2c1c(=O)n(CC(=O)Nc1nc3c(s1)CCC3)c(=O)n2Cc1ccccc1. The van der Waals surface area contributed by atoms with Gasteiger partial charge in [0.1, 0.15) is 6.54 Å². The van der Waals surface area contributed by atoms with E-state index >= 15 is 0 Å². The molecule has 0 radical (unpaired) electrons. The molecule has 1 aromatic carbocycles. The first-order chi connectivity index (χ1) is 16.5. The van der Waals surface area contributed by atoms with Gasteiger partial charge in [0.25, 0.3) is 5.56 Å². The fraction of sp³-hybridized carbons (Fsp3) is 0.348. The number of methoxy groups -OCH3 is 1. The lowest BCUT2D eigenvalue weighted by molar-refractivity contribution is -0.116. The van der Waals surface area contributed by atoms with Crippen molar-refractivity contribution in [1.29, 1.82) is 0 Å². The highest BCUT2D eigenvalue weighted by molar-refractivity contribution is 7.15. The van der Waals surface area contributed by atoms with E-state index in [4.69, 9.17) is 4.74 Å². The van der Waals surface area contributed by atoms with E-state index in [1.54, 1.807) is 11.7 Å². The third-order valence-corrected chi connectivity index (χ3v) is 6.92. The number of hydrogen-bond acceptors (Lipinski definition) is 7. The first kappa shape index (κ1) is 22.2. The predicted octanol–water partition coefficient (Wildman–Crippen LogP) is 1.64. The molecule has 11 heteroatoms. The topological polar surface area (TPSA) is 113 Å². The molecule has 1 aliphatic carbocycles. The van der Waals surface area contributed by atoms with Crippen LogP contribution in [0.15, 0.2) is 46.2 Å². The van der Waals surface area contributed by atoms with Gasteiger partial charge in [0.15, 0.2) is 16.3 Å². The van der Waals surface area contributed by atoms with Crippen LogP contribution in [0.5, 0.6) is 0 Å². The first-order valence-corrected chi connectivity index (χ1v) is 11.9. The number of aryl methyl sites for hydroxylation is 2. The number of aromatic nitrogens is 5. The second-order valence-corrected chi connectivity index (χ2v) is 9.22. The highest BCUT2D eigenvalue weighted by Crippen LogP contribution is 2.30. The number of benzene rings is 1. The molecule has 1 N–H and O–H groups in total. The largest absolute Gasteiger partial charge is 0.383 e. The molecule has 0 aliphatic heterocycles. The summed E-state index contributed by atoms with van der Waals surface area (Å²) in [4.78, 5) is 49.6. The number of imidazole rings is 1. The summed E-state index contributed by atoms with van der Waals surface area (Å²) in [7, 11) is 1.57. The van der Waals surface area contributed by atoms with E-state index in [9.17, 15) is 14.4 Å². The molecule has 0 saturated heterocycles. The molecule has 0 saturated carbocycles. The molecule has 0 atom stereocenters. The molecule has 10 nitrogen and oxygen atoms in total. The Morgan fingerprint density at radius 1 is 1.18 bits per heavy atom. The zero-order chi connectivity index (χ0) is 23.7. The molecule has 1 aliphatic rings. The highest BCUT2D eigenvalue weighted by Gasteiger charge is 2.22. The van der Waals surface area contributed by atoms with Crippen LogP contribution < -0.4 is 16.6 Å². The maximum Gasteiger partial charge on any atom is 0.333 e. The molecule has 34 heavy (non-hydrogen) atoms. The van der Waals surface area contributed by atoms with Gasteiger partial charge in [0.05, 0.1) is 25.2 Å². The average Bonchev–Trinajstić information content (AvgIpc) is 3.54. The van der Waals surface area contributed by atoms with E-state index < -0.39 is 23.7 Å². The Morgan fingerprint density at radius 3 is 2.76 bits per heavy atom. The van der Waals surface area contributed by atoms with Crippen molar-refractivity contribution in [2.75, 3.05) is 19.0 Å². The second-order valence-electron chi connectivity index (χ2n) is 8.14. The van der Waals surface area contributed by atoms with Gasteiger partial charge in [0.2, 0.25) is 5.91 Å². The van der Waals surface area contributed by atoms with Gasteiger partial charge in [-0.25, -0.2) is 19.3 Å². The van der Waals surface area contributed by atoms with E-state index in [0.717, 1.165) is 35.1 Å². The van der Waals surface area contributed by atoms with E-state index in [1.807, 2.05) is 30.3 Å². The van der Waals surface area contributed by atoms with Crippen molar-refractivity contribution in [3.63, 3.8) is 0 Å². The van der Waals surface area contributed by atoms with Crippen molar-refractivity contribution in [2.24, 2.45) is 0 Å². The fourth-order valence-electron chi connectivity index (χ4n) is 4.19. The van der Waals surface area contributed by atoms with Gasteiger partial charge < -0.3 is 14.6 Å². The molecule has 5 rings (SSSR count). The number of carbonyl (C=O) groups excluding carboxylic acids is 1. The summed E-state index contributed by atoms with van der Waals surface area (Å²) in [6, 6.07) is 9.43. The third kappa shape index (κ3) is 4.19. The molecule has 3 heterocycles.